The van der Waals surface area contributed by atoms with Gasteiger partial charge in [-0.25, -0.2) is 18.0 Å². The number of hydrogen-bond acceptors (Lipinski definition) is 6. The SMILES string of the molecule is CCCC[C@@H](CC(c1cccs1)N(CCOC)C(=O)O)NC(=O)NCc1cccc(NS(C)(=O)=O)c1. The van der Waals surface area contributed by atoms with Gasteiger partial charge in [-0.05, 0) is 42.0 Å². The van der Waals surface area contributed by atoms with Crippen molar-refractivity contribution in [3.63, 3.8) is 0 Å². The van der Waals surface area contributed by atoms with E-state index in [1.807, 2.05) is 17.5 Å². The summed E-state index contributed by atoms with van der Waals surface area (Å²) in [5, 5.41) is 17.6. The van der Waals surface area contributed by atoms with Crippen molar-refractivity contribution in [3.05, 3.63) is 52.2 Å². The summed E-state index contributed by atoms with van der Waals surface area (Å²) in [5.41, 5.74) is 1.15. The number of nitrogens with zero attached hydrogens (tertiary/aromatic N) is 1. The third-order valence-corrected chi connectivity index (χ3v) is 7.04. The molecule has 0 aliphatic carbocycles. The lowest BCUT2D eigenvalue weighted by molar-refractivity contribution is 0.0925. The first-order chi connectivity index (χ1) is 17.1. The molecule has 1 heterocycles. The van der Waals surface area contributed by atoms with Crippen molar-refractivity contribution in [1.29, 1.82) is 0 Å². The second-order valence-corrected chi connectivity index (χ2v) is 11.2. The molecule has 3 amide bonds. The van der Waals surface area contributed by atoms with E-state index in [0.29, 0.717) is 18.5 Å². The van der Waals surface area contributed by atoms with Crippen LogP contribution in [0, 0.1) is 0 Å². The van der Waals surface area contributed by atoms with Gasteiger partial charge < -0.3 is 20.5 Å². The van der Waals surface area contributed by atoms with Gasteiger partial charge in [0, 0.05) is 36.8 Å². The van der Waals surface area contributed by atoms with Crippen molar-refractivity contribution in [2.24, 2.45) is 0 Å². The molecule has 2 aromatic rings. The van der Waals surface area contributed by atoms with Crippen LogP contribution >= 0.6 is 11.3 Å². The van der Waals surface area contributed by atoms with Crippen LogP contribution in [-0.4, -0.2) is 63.1 Å². The van der Waals surface area contributed by atoms with E-state index in [4.69, 9.17) is 4.74 Å². The van der Waals surface area contributed by atoms with E-state index in [9.17, 15) is 23.1 Å². The Kier molecular flexibility index (Phi) is 12.0. The maximum atomic E-state index is 12.8. The second-order valence-electron chi connectivity index (χ2n) is 8.48. The number of methoxy groups -OCH3 is 1. The summed E-state index contributed by atoms with van der Waals surface area (Å²) in [4.78, 5) is 27.1. The van der Waals surface area contributed by atoms with Gasteiger partial charge in [0.15, 0.2) is 0 Å². The molecule has 0 bridgehead atoms. The smallest absolute Gasteiger partial charge is 0.407 e. The van der Waals surface area contributed by atoms with E-state index < -0.39 is 22.2 Å². The van der Waals surface area contributed by atoms with Gasteiger partial charge in [-0.15, -0.1) is 11.3 Å². The van der Waals surface area contributed by atoms with Crippen molar-refractivity contribution < 1.29 is 27.9 Å². The molecule has 0 radical (unpaired) electrons. The van der Waals surface area contributed by atoms with Crippen LogP contribution in [-0.2, 0) is 21.3 Å². The van der Waals surface area contributed by atoms with Crippen LogP contribution in [0.4, 0.5) is 15.3 Å². The summed E-state index contributed by atoms with van der Waals surface area (Å²) in [6.07, 6.45) is 3.00. The number of ether oxygens (including phenoxy) is 1. The average molecular weight is 541 g/mol. The van der Waals surface area contributed by atoms with E-state index in [2.05, 4.69) is 22.3 Å². The van der Waals surface area contributed by atoms with Crippen LogP contribution in [0.15, 0.2) is 41.8 Å². The maximum Gasteiger partial charge on any atom is 0.407 e. The Bertz CT molecular complexity index is 1060. The zero-order chi connectivity index (χ0) is 26.6. The van der Waals surface area contributed by atoms with Gasteiger partial charge in [-0.3, -0.25) is 9.62 Å². The molecule has 0 aliphatic heterocycles. The van der Waals surface area contributed by atoms with Crippen molar-refractivity contribution in [2.45, 2.75) is 51.2 Å². The van der Waals surface area contributed by atoms with E-state index in [-0.39, 0.29) is 31.8 Å². The number of amides is 3. The van der Waals surface area contributed by atoms with Gasteiger partial charge in [-0.2, -0.15) is 0 Å². The first kappa shape index (κ1) is 29.4. The summed E-state index contributed by atoms with van der Waals surface area (Å²) >= 11 is 1.48. The highest BCUT2D eigenvalue weighted by Crippen LogP contribution is 2.30. The number of anilines is 1. The number of carbonyl (C=O) groups excluding carboxylic acids is 1. The minimum atomic E-state index is -3.40. The molecular weight excluding hydrogens is 504 g/mol. The van der Waals surface area contributed by atoms with Crippen LogP contribution < -0.4 is 15.4 Å². The van der Waals surface area contributed by atoms with Gasteiger partial charge in [0.05, 0.1) is 18.9 Å². The van der Waals surface area contributed by atoms with Crippen molar-refractivity contribution >= 4 is 39.2 Å². The zero-order valence-corrected chi connectivity index (χ0v) is 22.5. The fraction of sp³-hybridized carbons (Fsp3) is 0.500. The van der Waals surface area contributed by atoms with Crippen LogP contribution in [0.1, 0.15) is 49.1 Å². The molecule has 0 fully saturated rings. The lowest BCUT2D eigenvalue weighted by atomic mass is 9.99. The molecule has 0 aliphatic rings. The monoisotopic (exact) mass is 540 g/mol. The summed E-state index contributed by atoms with van der Waals surface area (Å²) in [5.74, 6) is 0. The van der Waals surface area contributed by atoms with Gasteiger partial charge in [-0.1, -0.05) is 38.0 Å². The third kappa shape index (κ3) is 10.4. The minimum absolute atomic E-state index is 0.203. The number of hydrogen-bond donors (Lipinski definition) is 4. The minimum Gasteiger partial charge on any atom is -0.465 e. The lowest BCUT2D eigenvalue weighted by Gasteiger charge is -2.32. The van der Waals surface area contributed by atoms with Crippen molar-refractivity contribution in [1.82, 2.24) is 15.5 Å². The summed E-state index contributed by atoms with van der Waals surface area (Å²) < 4.78 is 30.5. The number of rotatable bonds is 15. The molecule has 200 valence electrons. The third-order valence-electron chi connectivity index (χ3n) is 5.46. The first-order valence-electron chi connectivity index (χ1n) is 11.8. The topological polar surface area (TPSA) is 137 Å². The molecule has 0 saturated heterocycles. The van der Waals surface area contributed by atoms with Crippen LogP contribution in [0.5, 0.6) is 0 Å². The predicted molar refractivity (Wildman–Crippen MR) is 142 cm³/mol. The Morgan fingerprint density at radius 3 is 2.61 bits per heavy atom. The van der Waals surface area contributed by atoms with Crippen LogP contribution in [0.3, 0.4) is 0 Å². The number of nitrogens with one attached hydrogen (secondary N) is 3. The second kappa shape index (κ2) is 14.7. The number of carboxylic acid groups (broad SMARTS) is 1. The Hall–Kier alpha value is -2.83. The Labute approximate surface area is 217 Å². The average Bonchev–Trinajstić information content (AvgIpc) is 3.34. The Balaban J connectivity index is 2.10. The Morgan fingerprint density at radius 2 is 2.00 bits per heavy atom. The molecule has 12 heteroatoms. The highest BCUT2D eigenvalue weighted by molar-refractivity contribution is 7.92. The molecule has 1 unspecified atom stereocenters. The van der Waals surface area contributed by atoms with Crippen LogP contribution in [0.25, 0.3) is 0 Å². The summed E-state index contributed by atoms with van der Waals surface area (Å²) in [6.45, 7) is 2.76. The number of carbonyl (C=O) groups is 2. The van der Waals surface area contributed by atoms with Gasteiger partial charge in [0.2, 0.25) is 10.0 Å². The molecule has 0 spiro atoms. The molecule has 2 rings (SSSR count). The number of urea groups is 1. The van der Waals surface area contributed by atoms with Crippen LogP contribution in [0.2, 0.25) is 0 Å². The molecule has 0 saturated carbocycles. The zero-order valence-electron chi connectivity index (χ0n) is 20.9. The van der Waals surface area contributed by atoms with Gasteiger partial charge >= 0.3 is 12.1 Å². The predicted octanol–water partition coefficient (Wildman–Crippen LogP) is 4.24. The quantitative estimate of drug-likeness (QED) is 0.267. The molecule has 1 aromatic carbocycles. The molecule has 10 nitrogen and oxygen atoms in total. The molecular formula is C24H36N4O6S2. The Morgan fingerprint density at radius 1 is 1.22 bits per heavy atom. The summed E-state index contributed by atoms with van der Waals surface area (Å²) in [7, 11) is -1.87. The number of unbranched alkanes of at least 4 members (excludes halogenated alkanes) is 1. The van der Waals surface area contributed by atoms with Crippen molar-refractivity contribution in [2.75, 3.05) is 31.2 Å². The van der Waals surface area contributed by atoms with E-state index in [1.165, 1.54) is 23.3 Å². The van der Waals surface area contributed by atoms with Gasteiger partial charge in [0.1, 0.15) is 0 Å². The normalized spacial score (nSPS) is 13.0. The van der Waals surface area contributed by atoms with Gasteiger partial charge in [0.25, 0.3) is 0 Å². The molecule has 36 heavy (non-hydrogen) atoms. The number of sulfonamides is 1. The fourth-order valence-corrected chi connectivity index (χ4v) is 5.21. The fourth-order valence-electron chi connectivity index (χ4n) is 3.80. The standard InChI is InChI=1S/C24H36N4O6S2/c1-4-5-9-19(16-21(22-11-7-14-35-22)28(24(30)31)12-13-34-2)26-23(29)25-17-18-8-6-10-20(15-18)27-36(3,32)33/h6-8,10-11,14-15,19,21,27H,4-5,9,12-13,16-17H2,1-3H3,(H,30,31)(H2,25,26,29)/t19-,21?/m0/s1. The maximum absolute atomic E-state index is 12.8. The highest BCUT2D eigenvalue weighted by atomic mass is 32.2. The number of benzene rings is 1. The van der Waals surface area contributed by atoms with E-state index >= 15 is 0 Å². The highest BCUT2D eigenvalue weighted by Gasteiger charge is 2.29. The van der Waals surface area contributed by atoms with E-state index in [1.54, 1.807) is 24.3 Å². The molecule has 2 atom stereocenters. The largest absolute Gasteiger partial charge is 0.465 e. The molecule has 1 aromatic heterocycles. The van der Waals surface area contributed by atoms with Crippen molar-refractivity contribution in [3.8, 4) is 0 Å². The first-order valence-corrected chi connectivity index (χ1v) is 14.5. The summed E-state index contributed by atoms with van der Waals surface area (Å²) in [6, 6.07) is 9.54. The lowest BCUT2D eigenvalue weighted by Crippen LogP contribution is -2.45. The molecule has 4 N–H and O–H groups in total. The van der Waals surface area contributed by atoms with E-state index in [0.717, 1.165) is 29.5 Å². The number of thiophene rings is 1.